The average molecular weight is 449 g/mol. The predicted octanol–water partition coefficient (Wildman–Crippen LogP) is 4.35. The van der Waals surface area contributed by atoms with Crippen molar-refractivity contribution in [2.24, 2.45) is 0 Å². The molecule has 0 bridgehead atoms. The van der Waals surface area contributed by atoms with E-state index in [9.17, 15) is 14.0 Å². The van der Waals surface area contributed by atoms with Gasteiger partial charge in [0.25, 0.3) is 11.8 Å². The fraction of sp³-hybridized carbons (Fsp3) is 0.346. The highest BCUT2D eigenvalue weighted by molar-refractivity contribution is 6.05. The Morgan fingerprint density at radius 3 is 2.48 bits per heavy atom. The van der Waals surface area contributed by atoms with Crippen molar-refractivity contribution in [1.29, 1.82) is 0 Å². The lowest BCUT2D eigenvalue weighted by molar-refractivity contribution is -0.121. The van der Waals surface area contributed by atoms with E-state index in [1.165, 1.54) is 12.1 Å². The summed E-state index contributed by atoms with van der Waals surface area (Å²) < 4.78 is 15.6. The van der Waals surface area contributed by atoms with E-state index in [1.54, 1.807) is 29.2 Å². The number of hydrogen-bond donors (Lipinski definition) is 1. The van der Waals surface area contributed by atoms with Crippen molar-refractivity contribution >= 4 is 17.6 Å². The number of carbonyl (C=O) groups is 2. The Bertz CT molecular complexity index is 1190. The third kappa shape index (κ3) is 4.15. The molecular weight excluding hydrogens is 419 g/mol. The predicted molar refractivity (Wildman–Crippen MR) is 126 cm³/mol. The van der Waals surface area contributed by atoms with Crippen LogP contribution in [-0.2, 0) is 11.3 Å². The quantitative estimate of drug-likeness (QED) is 0.610. The zero-order valence-electron chi connectivity index (χ0n) is 19.4. The molecule has 4 rings (SSSR count). The van der Waals surface area contributed by atoms with Gasteiger partial charge in [-0.05, 0) is 57.0 Å². The van der Waals surface area contributed by atoms with Crippen molar-refractivity contribution in [3.05, 3.63) is 82.3 Å². The summed E-state index contributed by atoms with van der Waals surface area (Å²) in [7, 11) is 0. The van der Waals surface area contributed by atoms with Gasteiger partial charge in [-0.1, -0.05) is 36.8 Å². The number of amides is 2. The first-order valence-corrected chi connectivity index (χ1v) is 11.4. The molecule has 3 aromatic rings. The topological polar surface area (TPSA) is 67.2 Å². The van der Waals surface area contributed by atoms with Gasteiger partial charge >= 0.3 is 0 Å². The average Bonchev–Trinajstić information content (AvgIpc) is 3.11. The van der Waals surface area contributed by atoms with Gasteiger partial charge in [0.2, 0.25) is 0 Å². The summed E-state index contributed by atoms with van der Waals surface area (Å²) in [4.78, 5) is 28.6. The second-order valence-corrected chi connectivity index (χ2v) is 8.48. The number of aromatic nitrogens is 2. The summed E-state index contributed by atoms with van der Waals surface area (Å²) in [5.41, 5.74) is 3.91. The number of fused-ring (bicyclic) bond motifs is 1. The van der Waals surface area contributed by atoms with Gasteiger partial charge in [-0.25, -0.2) is 9.07 Å². The molecule has 172 valence electrons. The van der Waals surface area contributed by atoms with Crippen LogP contribution >= 0.6 is 0 Å². The van der Waals surface area contributed by atoms with Crippen LogP contribution in [0, 0.1) is 19.7 Å². The van der Waals surface area contributed by atoms with E-state index in [2.05, 4.69) is 12.2 Å². The summed E-state index contributed by atoms with van der Waals surface area (Å²) in [5.74, 6) is -0.581. The number of likely N-dealkylation sites (N-methyl/N-ethyl adjacent to an activating group) is 1. The molecule has 33 heavy (non-hydrogen) atoms. The minimum absolute atomic E-state index is 0.197. The number of aryl methyl sites for hydroxylation is 3. The first kappa shape index (κ1) is 22.7. The maximum Gasteiger partial charge on any atom is 0.251 e. The molecule has 2 atom stereocenters. The second kappa shape index (κ2) is 9.17. The van der Waals surface area contributed by atoms with E-state index in [4.69, 9.17) is 5.10 Å². The highest BCUT2D eigenvalue weighted by atomic mass is 19.1. The molecule has 1 N–H and O–H groups in total. The smallest absolute Gasteiger partial charge is 0.251 e. The van der Waals surface area contributed by atoms with Crippen LogP contribution in [0.3, 0.4) is 0 Å². The summed E-state index contributed by atoms with van der Waals surface area (Å²) in [5, 5.41) is 7.72. The van der Waals surface area contributed by atoms with Crippen molar-refractivity contribution < 1.29 is 14.0 Å². The van der Waals surface area contributed by atoms with Gasteiger partial charge in [0.15, 0.2) is 0 Å². The Morgan fingerprint density at radius 2 is 1.85 bits per heavy atom. The number of halogens is 1. The number of benzene rings is 2. The number of hydrogen-bond acceptors (Lipinski definition) is 3. The van der Waals surface area contributed by atoms with Gasteiger partial charge in [0.05, 0.1) is 5.69 Å². The molecular formula is C26H29FN4O2. The van der Waals surface area contributed by atoms with Crippen molar-refractivity contribution in [2.45, 2.75) is 52.6 Å². The molecule has 0 radical (unpaired) electrons. The van der Waals surface area contributed by atoms with E-state index in [0.29, 0.717) is 18.7 Å². The SMILES string of the molecule is CCCn1nc(C)c2c1N(CC)C(=O)[C@@H](NC(=O)c1cccc(C)c1)[C@H]2c1ccc(F)cc1. The molecule has 2 heterocycles. The second-order valence-electron chi connectivity index (χ2n) is 8.48. The molecule has 2 aromatic carbocycles. The molecule has 6 nitrogen and oxygen atoms in total. The van der Waals surface area contributed by atoms with Gasteiger partial charge in [-0.3, -0.25) is 14.5 Å². The fourth-order valence-electron chi connectivity index (χ4n) is 4.67. The molecule has 0 saturated heterocycles. The standard InChI is InChI=1S/C26H29FN4O2/c1-5-14-31-25-21(17(4)29-31)22(18-10-12-20(27)13-11-18)23(26(33)30(25)6-2)28-24(32)19-9-7-8-16(3)15-19/h7-13,15,22-23H,5-6,14H2,1-4H3,(H,28,32)/t22-,23-/m0/s1. The van der Waals surface area contributed by atoms with E-state index in [0.717, 1.165) is 34.6 Å². The molecule has 7 heteroatoms. The maximum atomic E-state index is 13.8. The highest BCUT2D eigenvalue weighted by Crippen LogP contribution is 2.42. The van der Waals surface area contributed by atoms with E-state index < -0.39 is 12.0 Å². The Balaban J connectivity index is 1.86. The number of carbonyl (C=O) groups excluding carboxylic acids is 2. The van der Waals surface area contributed by atoms with Crippen molar-refractivity contribution in [3.8, 4) is 0 Å². The Hall–Kier alpha value is -3.48. The third-order valence-electron chi connectivity index (χ3n) is 6.13. The largest absolute Gasteiger partial charge is 0.339 e. The van der Waals surface area contributed by atoms with Crippen molar-refractivity contribution in [1.82, 2.24) is 15.1 Å². The van der Waals surface area contributed by atoms with Crippen LogP contribution < -0.4 is 10.2 Å². The van der Waals surface area contributed by atoms with Crippen LogP contribution in [0.2, 0.25) is 0 Å². The van der Waals surface area contributed by atoms with Gasteiger partial charge in [0, 0.05) is 30.1 Å². The van der Waals surface area contributed by atoms with Crippen LogP contribution in [0.4, 0.5) is 10.2 Å². The Labute approximate surface area is 193 Å². The van der Waals surface area contributed by atoms with Gasteiger partial charge < -0.3 is 5.32 Å². The molecule has 0 spiro atoms. The summed E-state index contributed by atoms with van der Waals surface area (Å²) in [6.45, 7) is 8.94. The van der Waals surface area contributed by atoms with Gasteiger partial charge in [0.1, 0.15) is 17.7 Å². The maximum absolute atomic E-state index is 13.8. The lowest BCUT2D eigenvalue weighted by Crippen LogP contribution is -2.55. The van der Waals surface area contributed by atoms with Crippen LogP contribution in [0.1, 0.15) is 58.9 Å². The number of nitrogens with zero attached hydrogens (tertiary/aromatic N) is 3. The van der Waals surface area contributed by atoms with Gasteiger partial charge in [-0.15, -0.1) is 0 Å². The first-order chi connectivity index (χ1) is 15.8. The molecule has 0 fully saturated rings. The lowest BCUT2D eigenvalue weighted by Gasteiger charge is -2.38. The van der Waals surface area contributed by atoms with E-state index in [-0.39, 0.29) is 17.6 Å². The van der Waals surface area contributed by atoms with Crippen LogP contribution in [-0.4, -0.2) is 34.2 Å². The minimum atomic E-state index is -0.839. The summed E-state index contributed by atoms with van der Waals surface area (Å²) in [6, 6.07) is 12.6. The van der Waals surface area contributed by atoms with Crippen LogP contribution in [0.15, 0.2) is 48.5 Å². The Morgan fingerprint density at radius 1 is 1.12 bits per heavy atom. The highest BCUT2D eigenvalue weighted by Gasteiger charge is 2.45. The molecule has 1 aromatic heterocycles. The monoisotopic (exact) mass is 448 g/mol. The molecule has 2 amide bonds. The minimum Gasteiger partial charge on any atom is -0.339 e. The molecule has 1 aliphatic heterocycles. The third-order valence-corrected chi connectivity index (χ3v) is 6.13. The van der Waals surface area contributed by atoms with Gasteiger partial charge in [-0.2, -0.15) is 5.10 Å². The van der Waals surface area contributed by atoms with Crippen molar-refractivity contribution in [3.63, 3.8) is 0 Å². The van der Waals surface area contributed by atoms with Crippen molar-refractivity contribution in [2.75, 3.05) is 11.4 Å². The molecule has 0 unspecified atom stereocenters. The van der Waals surface area contributed by atoms with Crippen LogP contribution in [0.25, 0.3) is 0 Å². The molecule has 0 aliphatic carbocycles. The normalized spacial score (nSPS) is 17.7. The molecule has 0 saturated carbocycles. The number of rotatable bonds is 6. The van der Waals surface area contributed by atoms with Crippen LogP contribution in [0.5, 0.6) is 0 Å². The lowest BCUT2D eigenvalue weighted by atomic mass is 9.81. The van der Waals surface area contributed by atoms with E-state index in [1.807, 2.05) is 37.6 Å². The first-order valence-electron chi connectivity index (χ1n) is 11.4. The fourth-order valence-corrected chi connectivity index (χ4v) is 4.67. The zero-order valence-corrected chi connectivity index (χ0v) is 19.4. The number of anilines is 1. The summed E-state index contributed by atoms with van der Waals surface area (Å²) >= 11 is 0. The molecule has 1 aliphatic rings. The number of nitrogens with one attached hydrogen (secondary N) is 1. The zero-order chi connectivity index (χ0) is 23.7. The van der Waals surface area contributed by atoms with E-state index >= 15 is 0 Å². The Kier molecular flexibility index (Phi) is 6.31. The summed E-state index contributed by atoms with van der Waals surface area (Å²) in [6.07, 6.45) is 0.869.